The SMILES string of the molecule is CC(F)(F)C(=O)OC1C2CC3C1OC(=O)C3C2C(=O)OCC(=O)OC1(C)C2CC3CC(C2)CC1C3. The molecular formula is C25H30F2O8. The molecule has 6 atom stereocenters. The molecule has 8 nitrogen and oxygen atoms in total. The van der Waals surface area contributed by atoms with E-state index in [2.05, 4.69) is 0 Å². The van der Waals surface area contributed by atoms with Gasteiger partial charge in [0.1, 0.15) is 17.8 Å². The van der Waals surface area contributed by atoms with Crippen LogP contribution in [0.5, 0.6) is 0 Å². The Kier molecular flexibility index (Phi) is 5.04. The summed E-state index contributed by atoms with van der Waals surface area (Å²) in [7, 11) is 0. The van der Waals surface area contributed by atoms with Gasteiger partial charge in [0.25, 0.3) is 0 Å². The highest BCUT2D eigenvalue weighted by atomic mass is 19.3. The van der Waals surface area contributed by atoms with Crippen molar-refractivity contribution in [2.75, 3.05) is 6.61 Å². The molecule has 0 radical (unpaired) electrons. The zero-order valence-corrected chi connectivity index (χ0v) is 19.7. The predicted octanol–water partition coefficient (Wildman–Crippen LogP) is 2.66. The lowest BCUT2D eigenvalue weighted by molar-refractivity contribution is -0.208. The fourth-order valence-corrected chi connectivity index (χ4v) is 8.48. The van der Waals surface area contributed by atoms with Crippen molar-refractivity contribution in [3.63, 3.8) is 0 Å². The first-order valence-corrected chi connectivity index (χ1v) is 12.6. The highest BCUT2D eigenvalue weighted by molar-refractivity contribution is 5.87. The van der Waals surface area contributed by atoms with Crippen LogP contribution < -0.4 is 0 Å². The van der Waals surface area contributed by atoms with E-state index in [1.807, 2.05) is 6.92 Å². The molecule has 1 aliphatic heterocycles. The van der Waals surface area contributed by atoms with Gasteiger partial charge in [-0.3, -0.25) is 9.59 Å². The van der Waals surface area contributed by atoms with Crippen molar-refractivity contribution in [2.24, 2.45) is 47.3 Å². The Bertz CT molecular complexity index is 945. The third kappa shape index (κ3) is 3.49. The van der Waals surface area contributed by atoms with Crippen LogP contribution >= 0.6 is 0 Å². The molecule has 7 aliphatic rings. The molecule has 6 saturated carbocycles. The van der Waals surface area contributed by atoms with Crippen LogP contribution in [0.25, 0.3) is 0 Å². The molecule has 0 spiro atoms. The van der Waals surface area contributed by atoms with Crippen LogP contribution in [0, 0.1) is 47.3 Å². The minimum absolute atomic E-state index is 0.321. The molecule has 6 unspecified atom stereocenters. The van der Waals surface area contributed by atoms with Crippen LogP contribution in [0.3, 0.4) is 0 Å². The van der Waals surface area contributed by atoms with Gasteiger partial charge < -0.3 is 18.9 Å². The fourth-order valence-electron chi connectivity index (χ4n) is 8.48. The van der Waals surface area contributed by atoms with Gasteiger partial charge in [0, 0.05) is 18.8 Å². The van der Waals surface area contributed by atoms with Crippen molar-refractivity contribution < 1.29 is 46.9 Å². The highest BCUT2D eigenvalue weighted by Crippen LogP contribution is 2.60. The maximum atomic E-state index is 13.4. The van der Waals surface area contributed by atoms with Gasteiger partial charge in [-0.2, -0.15) is 8.78 Å². The zero-order valence-electron chi connectivity index (χ0n) is 19.7. The molecule has 6 aliphatic carbocycles. The van der Waals surface area contributed by atoms with Crippen LogP contribution in [-0.2, 0) is 38.1 Å². The summed E-state index contributed by atoms with van der Waals surface area (Å²) in [6.07, 6.45) is 3.85. The molecule has 0 aromatic carbocycles. The summed E-state index contributed by atoms with van der Waals surface area (Å²) in [5.41, 5.74) is -0.559. The summed E-state index contributed by atoms with van der Waals surface area (Å²) in [5.74, 6) is -8.32. The number of carbonyl (C=O) groups is 4. The van der Waals surface area contributed by atoms with Crippen molar-refractivity contribution in [1.82, 2.24) is 0 Å². The number of hydrogen-bond donors (Lipinski definition) is 0. The first-order chi connectivity index (χ1) is 16.5. The first kappa shape index (κ1) is 23.2. The third-order valence-corrected chi connectivity index (χ3v) is 9.84. The predicted molar refractivity (Wildman–Crippen MR) is 111 cm³/mol. The van der Waals surface area contributed by atoms with Gasteiger partial charge in [-0.05, 0) is 69.1 Å². The average molecular weight is 497 g/mol. The van der Waals surface area contributed by atoms with E-state index >= 15 is 0 Å². The second-order valence-corrected chi connectivity index (χ2v) is 11.8. The Morgan fingerprint density at radius 3 is 2.26 bits per heavy atom. The van der Waals surface area contributed by atoms with E-state index in [0.29, 0.717) is 37.0 Å². The quantitative estimate of drug-likeness (QED) is 0.408. The summed E-state index contributed by atoms with van der Waals surface area (Å²) in [5, 5.41) is 0. The van der Waals surface area contributed by atoms with Gasteiger partial charge in [-0.25, -0.2) is 9.59 Å². The van der Waals surface area contributed by atoms with E-state index in [1.165, 1.54) is 6.42 Å². The second kappa shape index (κ2) is 7.62. The molecule has 10 heteroatoms. The van der Waals surface area contributed by atoms with Gasteiger partial charge in [0.05, 0.1) is 11.8 Å². The van der Waals surface area contributed by atoms with Crippen LogP contribution in [0.15, 0.2) is 0 Å². The molecule has 6 bridgehead atoms. The van der Waals surface area contributed by atoms with Crippen molar-refractivity contribution in [3.05, 3.63) is 0 Å². The summed E-state index contributed by atoms with van der Waals surface area (Å²) < 4.78 is 48.3. The molecule has 1 heterocycles. The maximum absolute atomic E-state index is 13.4. The van der Waals surface area contributed by atoms with Crippen molar-refractivity contribution in [1.29, 1.82) is 0 Å². The summed E-state index contributed by atoms with van der Waals surface area (Å²) >= 11 is 0. The number of alkyl halides is 2. The fraction of sp³-hybridized carbons (Fsp3) is 0.840. The van der Waals surface area contributed by atoms with E-state index in [9.17, 15) is 28.0 Å². The first-order valence-electron chi connectivity index (χ1n) is 12.6. The summed E-state index contributed by atoms with van der Waals surface area (Å²) in [6, 6.07) is 0. The monoisotopic (exact) mass is 496 g/mol. The number of hydrogen-bond acceptors (Lipinski definition) is 8. The maximum Gasteiger partial charge on any atom is 0.377 e. The standard InChI is InChI=1S/C25H30F2O8/c1-24(12-4-10-3-11(6-12)7-13(24)5-10)35-16(28)9-32-21(29)17-14-8-15-18(17)22(30)33-19(15)20(14)34-23(31)25(2,26)27/h10-15,17-20H,3-9H2,1-2H3. The Morgan fingerprint density at radius 1 is 1.03 bits per heavy atom. The lowest BCUT2D eigenvalue weighted by Crippen LogP contribution is -2.58. The molecule has 7 fully saturated rings. The molecule has 0 aromatic rings. The van der Waals surface area contributed by atoms with E-state index in [1.54, 1.807) is 0 Å². The lowest BCUT2D eigenvalue weighted by atomic mass is 9.50. The molecule has 7 rings (SSSR count). The van der Waals surface area contributed by atoms with Gasteiger partial charge in [0.2, 0.25) is 0 Å². The van der Waals surface area contributed by atoms with Crippen LogP contribution in [0.1, 0.15) is 52.4 Å². The second-order valence-electron chi connectivity index (χ2n) is 11.8. The third-order valence-electron chi connectivity index (χ3n) is 9.84. The van der Waals surface area contributed by atoms with Gasteiger partial charge in [-0.1, -0.05) is 0 Å². The van der Waals surface area contributed by atoms with Gasteiger partial charge >= 0.3 is 29.8 Å². The number of esters is 4. The number of rotatable bonds is 6. The number of halogens is 2. The zero-order chi connectivity index (χ0) is 24.9. The largest absolute Gasteiger partial charge is 0.458 e. The number of ether oxygens (including phenoxy) is 4. The molecule has 35 heavy (non-hydrogen) atoms. The van der Waals surface area contributed by atoms with Crippen LogP contribution in [0.2, 0.25) is 0 Å². The normalized spacial score (nSPS) is 46.5. The minimum atomic E-state index is -3.71. The van der Waals surface area contributed by atoms with Crippen LogP contribution in [-0.4, -0.2) is 54.2 Å². The van der Waals surface area contributed by atoms with E-state index < -0.39 is 77.9 Å². The van der Waals surface area contributed by atoms with Crippen molar-refractivity contribution in [3.8, 4) is 0 Å². The highest BCUT2D eigenvalue weighted by Gasteiger charge is 2.70. The molecule has 0 aromatic heterocycles. The smallest absolute Gasteiger partial charge is 0.377 e. The lowest BCUT2D eigenvalue weighted by Gasteiger charge is -2.59. The van der Waals surface area contributed by atoms with Crippen molar-refractivity contribution >= 4 is 23.9 Å². The van der Waals surface area contributed by atoms with Gasteiger partial charge in [-0.15, -0.1) is 0 Å². The molecule has 0 amide bonds. The number of fused-ring (bicyclic) bond motifs is 1. The van der Waals surface area contributed by atoms with E-state index in [0.717, 1.165) is 25.7 Å². The van der Waals surface area contributed by atoms with E-state index in [-0.39, 0.29) is 0 Å². The van der Waals surface area contributed by atoms with E-state index in [4.69, 9.17) is 18.9 Å². The number of carbonyl (C=O) groups excluding carboxylic acids is 4. The molecule has 1 saturated heterocycles. The summed E-state index contributed by atoms with van der Waals surface area (Å²) in [6.45, 7) is 1.83. The summed E-state index contributed by atoms with van der Waals surface area (Å²) in [4.78, 5) is 49.9. The minimum Gasteiger partial charge on any atom is -0.458 e. The van der Waals surface area contributed by atoms with Gasteiger partial charge in [0.15, 0.2) is 6.61 Å². The Morgan fingerprint density at radius 2 is 1.66 bits per heavy atom. The molecular weight excluding hydrogens is 466 g/mol. The Hall–Kier alpha value is -2.26. The van der Waals surface area contributed by atoms with Crippen LogP contribution in [0.4, 0.5) is 8.78 Å². The molecule has 192 valence electrons. The Labute approximate surface area is 201 Å². The Balaban J connectivity index is 1.10. The average Bonchev–Trinajstić information content (AvgIpc) is 3.38. The topological polar surface area (TPSA) is 105 Å². The molecule has 0 N–H and O–H groups in total. The van der Waals surface area contributed by atoms with Crippen molar-refractivity contribution in [2.45, 2.75) is 76.1 Å².